The zero-order valence-corrected chi connectivity index (χ0v) is 9.52. The fraction of sp³-hybridized carbons (Fsp3) is 0.917. The Kier molecular flexibility index (Phi) is 2.64. The molecule has 0 spiro atoms. The van der Waals surface area contributed by atoms with Gasteiger partial charge in [0, 0.05) is 6.04 Å². The van der Waals surface area contributed by atoms with Crippen molar-refractivity contribution in [3.8, 4) is 0 Å². The van der Waals surface area contributed by atoms with Crippen molar-refractivity contribution < 1.29 is 9.63 Å². The van der Waals surface area contributed by atoms with E-state index in [9.17, 15) is 4.79 Å². The highest BCUT2D eigenvalue weighted by Gasteiger charge is 2.48. The molecule has 0 aliphatic heterocycles. The predicted octanol–water partition coefficient (Wildman–Crippen LogP) is 0.818. The largest absolute Gasteiger partial charge is 0.368 e. The fourth-order valence-corrected chi connectivity index (χ4v) is 4.33. The summed E-state index contributed by atoms with van der Waals surface area (Å²) in [5.41, 5.74) is 8.14. The first-order chi connectivity index (χ1) is 7.72. The standard InChI is InChI=1S/C12H20N2O2/c13-11(15)6-16-14-12-9-2-7-1-8(4-9)5-10(12)3-7/h7-10,12,14H,1-6H2,(H2,13,15). The molecule has 4 fully saturated rings. The van der Waals surface area contributed by atoms with Gasteiger partial charge in [0.2, 0.25) is 5.91 Å². The second kappa shape index (κ2) is 4.00. The van der Waals surface area contributed by atoms with Gasteiger partial charge in [0.25, 0.3) is 0 Å². The Balaban J connectivity index is 1.57. The summed E-state index contributed by atoms with van der Waals surface area (Å²) in [6.45, 7) is -0.0111. The molecule has 0 atom stereocenters. The molecule has 0 radical (unpaired) electrons. The molecule has 0 aromatic rings. The van der Waals surface area contributed by atoms with E-state index in [4.69, 9.17) is 10.6 Å². The maximum atomic E-state index is 10.6. The van der Waals surface area contributed by atoms with Crippen molar-refractivity contribution in [1.29, 1.82) is 0 Å². The van der Waals surface area contributed by atoms with Gasteiger partial charge in [-0.2, -0.15) is 5.48 Å². The van der Waals surface area contributed by atoms with Crippen LogP contribution in [-0.4, -0.2) is 18.6 Å². The Labute approximate surface area is 95.9 Å². The van der Waals surface area contributed by atoms with Crippen LogP contribution in [0.5, 0.6) is 0 Å². The van der Waals surface area contributed by atoms with Gasteiger partial charge in [0.05, 0.1) is 0 Å². The molecule has 0 aromatic carbocycles. The van der Waals surface area contributed by atoms with Crippen LogP contribution in [0.25, 0.3) is 0 Å². The number of carbonyl (C=O) groups is 1. The van der Waals surface area contributed by atoms with Crippen LogP contribution in [0.2, 0.25) is 0 Å². The first-order valence-electron chi connectivity index (χ1n) is 6.38. The second-order valence-corrected chi connectivity index (χ2v) is 5.83. The zero-order chi connectivity index (χ0) is 11.1. The van der Waals surface area contributed by atoms with Crippen LogP contribution in [0, 0.1) is 23.7 Å². The minimum Gasteiger partial charge on any atom is -0.368 e. The zero-order valence-electron chi connectivity index (χ0n) is 9.52. The fourth-order valence-electron chi connectivity index (χ4n) is 4.33. The van der Waals surface area contributed by atoms with Crippen molar-refractivity contribution >= 4 is 5.91 Å². The molecule has 3 N–H and O–H groups in total. The van der Waals surface area contributed by atoms with E-state index in [-0.39, 0.29) is 6.61 Å². The summed E-state index contributed by atoms with van der Waals surface area (Å²) in [4.78, 5) is 15.8. The van der Waals surface area contributed by atoms with Crippen LogP contribution in [0.4, 0.5) is 0 Å². The van der Waals surface area contributed by atoms with E-state index in [0.29, 0.717) is 6.04 Å². The Morgan fingerprint density at radius 3 is 2.19 bits per heavy atom. The molecule has 1 amide bonds. The third-order valence-corrected chi connectivity index (χ3v) is 4.66. The minimum absolute atomic E-state index is 0.0111. The number of amides is 1. The Bertz CT molecular complexity index is 265. The average molecular weight is 224 g/mol. The number of carbonyl (C=O) groups excluding carboxylic acids is 1. The Morgan fingerprint density at radius 1 is 1.12 bits per heavy atom. The third-order valence-electron chi connectivity index (χ3n) is 4.66. The molecular weight excluding hydrogens is 204 g/mol. The number of hydrogen-bond acceptors (Lipinski definition) is 3. The minimum atomic E-state index is -0.406. The molecule has 4 heteroatoms. The summed E-state index contributed by atoms with van der Waals surface area (Å²) in [7, 11) is 0. The summed E-state index contributed by atoms with van der Waals surface area (Å²) < 4.78 is 0. The van der Waals surface area contributed by atoms with Crippen molar-refractivity contribution in [3.05, 3.63) is 0 Å². The highest BCUT2D eigenvalue weighted by molar-refractivity contribution is 5.74. The lowest BCUT2D eigenvalue weighted by Crippen LogP contribution is -2.54. The number of primary amides is 1. The van der Waals surface area contributed by atoms with Crippen molar-refractivity contribution in [2.45, 2.75) is 38.1 Å². The molecule has 4 saturated carbocycles. The van der Waals surface area contributed by atoms with Crippen LogP contribution in [0.3, 0.4) is 0 Å². The van der Waals surface area contributed by atoms with Crippen LogP contribution in [0.1, 0.15) is 32.1 Å². The lowest BCUT2D eigenvalue weighted by Gasteiger charge is -2.54. The van der Waals surface area contributed by atoms with E-state index in [1.165, 1.54) is 32.1 Å². The maximum absolute atomic E-state index is 10.6. The number of hydrogen-bond donors (Lipinski definition) is 2. The van der Waals surface area contributed by atoms with Crippen molar-refractivity contribution in [2.75, 3.05) is 6.61 Å². The second-order valence-electron chi connectivity index (χ2n) is 5.83. The Morgan fingerprint density at radius 2 is 1.69 bits per heavy atom. The molecule has 0 heterocycles. The lowest BCUT2D eigenvalue weighted by molar-refractivity contribution is -0.131. The normalized spacial score (nSPS) is 44.9. The number of rotatable bonds is 4. The number of hydroxylamine groups is 1. The van der Waals surface area contributed by atoms with Gasteiger partial charge < -0.3 is 5.73 Å². The van der Waals surface area contributed by atoms with Gasteiger partial charge >= 0.3 is 0 Å². The van der Waals surface area contributed by atoms with Gasteiger partial charge in [-0.05, 0) is 55.8 Å². The topological polar surface area (TPSA) is 64.4 Å². The molecular formula is C12H20N2O2. The van der Waals surface area contributed by atoms with E-state index in [0.717, 1.165) is 23.7 Å². The molecule has 4 rings (SSSR count). The average Bonchev–Trinajstić information content (AvgIpc) is 2.20. The maximum Gasteiger partial charge on any atom is 0.245 e. The van der Waals surface area contributed by atoms with E-state index in [1.807, 2.05) is 0 Å². The summed E-state index contributed by atoms with van der Waals surface area (Å²) >= 11 is 0. The van der Waals surface area contributed by atoms with Gasteiger partial charge in [0.1, 0.15) is 6.61 Å². The van der Waals surface area contributed by atoms with Crippen molar-refractivity contribution in [1.82, 2.24) is 5.48 Å². The van der Waals surface area contributed by atoms with E-state index < -0.39 is 5.91 Å². The predicted molar refractivity (Wildman–Crippen MR) is 59.1 cm³/mol. The van der Waals surface area contributed by atoms with Gasteiger partial charge in [-0.25, -0.2) is 0 Å². The molecule has 0 aromatic heterocycles. The molecule has 4 bridgehead atoms. The van der Waals surface area contributed by atoms with E-state index >= 15 is 0 Å². The monoisotopic (exact) mass is 224 g/mol. The summed E-state index contributed by atoms with van der Waals surface area (Å²) in [6.07, 6.45) is 6.87. The Hall–Kier alpha value is -0.610. The molecule has 90 valence electrons. The van der Waals surface area contributed by atoms with Crippen LogP contribution >= 0.6 is 0 Å². The highest BCUT2D eigenvalue weighted by atomic mass is 16.6. The molecule has 0 saturated heterocycles. The van der Waals surface area contributed by atoms with Gasteiger partial charge in [-0.3, -0.25) is 9.63 Å². The third kappa shape index (κ3) is 1.84. The molecule has 4 aliphatic carbocycles. The van der Waals surface area contributed by atoms with Crippen molar-refractivity contribution in [2.24, 2.45) is 29.4 Å². The van der Waals surface area contributed by atoms with Crippen LogP contribution < -0.4 is 11.2 Å². The number of nitrogens with two attached hydrogens (primary N) is 1. The molecule has 16 heavy (non-hydrogen) atoms. The molecule has 4 nitrogen and oxygen atoms in total. The van der Waals surface area contributed by atoms with E-state index in [2.05, 4.69) is 5.48 Å². The summed E-state index contributed by atoms with van der Waals surface area (Å²) in [6, 6.07) is 0.465. The smallest absolute Gasteiger partial charge is 0.245 e. The molecule has 4 aliphatic rings. The van der Waals surface area contributed by atoms with Crippen LogP contribution in [-0.2, 0) is 9.63 Å². The van der Waals surface area contributed by atoms with Crippen molar-refractivity contribution in [3.63, 3.8) is 0 Å². The lowest BCUT2D eigenvalue weighted by atomic mass is 9.54. The highest BCUT2D eigenvalue weighted by Crippen LogP contribution is 2.53. The van der Waals surface area contributed by atoms with Crippen LogP contribution in [0.15, 0.2) is 0 Å². The van der Waals surface area contributed by atoms with Gasteiger partial charge in [-0.15, -0.1) is 0 Å². The quantitative estimate of drug-likeness (QED) is 0.695. The SMILES string of the molecule is NC(=O)CONC1C2CC3CC(C2)CC1C3. The first kappa shape index (κ1) is 10.5. The van der Waals surface area contributed by atoms with E-state index in [1.54, 1.807) is 0 Å². The molecule has 0 unspecified atom stereocenters. The van der Waals surface area contributed by atoms with Gasteiger partial charge in [0.15, 0.2) is 0 Å². The number of nitrogens with one attached hydrogen (secondary N) is 1. The summed E-state index contributed by atoms with van der Waals surface area (Å²) in [5.74, 6) is 3.07. The first-order valence-corrected chi connectivity index (χ1v) is 6.38. The van der Waals surface area contributed by atoms with Gasteiger partial charge in [-0.1, -0.05) is 0 Å². The summed E-state index contributed by atoms with van der Waals surface area (Å²) in [5, 5.41) is 0.